The molecule has 10 heteroatoms. The van der Waals surface area contributed by atoms with Crippen LogP contribution in [-0.4, -0.2) is 39.7 Å². The van der Waals surface area contributed by atoms with Crippen LogP contribution in [0.4, 0.5) is 13.2 Å². The summed E-state index contributed by atoms with van der Waals surface area (Å²) in [6.45, 7) is 0. The summed E-state index contributed by atoms with van der Waals surface area (Å²) in [4.78, 5) is 20.4. The highest BCUT2D eigenvalue weighted by atomic mass is 19.4. The van der Waals surface area contributed by atoms with Crippen molar-refractivity contribution in [1.82, 2.24) is 20.1 Å². The van der Waals surface area contributed by atoms with Gasteiger partial charge in [0.25, 0.3) is 5.91 Å². The van der Waals surface area contributed by atoms with Crippen molar-refractivity contribution < 1.29 is 18.0 Å². The summed E-state index contributed by atoms with van der Waals surface area (Å²) in [7, 11) is 3.07. The maximum absolute atomic E-state index is 12.6. The van der Waals surface area contributed by atoms with Crippen molar-refractivity contribution in [3.63, 3.8) is 0 Å². The number of aliphatic imine (C=N–C) groups is 1. The van der Waals surface area contributed by atoms with Gasteiger partial charge in [0.1, 0.15) is 11.5 Å². The third-order valence-corrected chi connectivity index (χ3v) is 4.17. The largest absolute Gasteiger partial charge is 0.430 e. The molecule has 3 aromatic rings. The number of carbonyl (C=O) groups is 1. The number of hydrogen-bond donors (Lipinski definition) is 2. The molecule has 0 saturated carbocycles. The number of fused-ring (bicyclic) bond motifs is 1. The van der Waals surface area contributed by atoms with E-state index in [-0.39, 0.29) is 11.4 Å². The molecular weight excluding hydrogens is 385 g/mol. The molecule has 0 aliphatic rings. The van der Waals surface area contributed by atoms with Crippen LogP contribution in [0, 0.1) is 0 Å². The van der Waals surface area contributed by atoms with Crippen molar-refractivity contribution in [2.75, 3.05) is 7.05 Å². The predicted molar refractivity (Wildman–Crippen MR) is 103 cm³/mol. The van der Waals surface area contributed by atoms with Gasteiger partial charge in [-0.25, -0.2) is 0 Å². The minimum absolute atomic E-state index is 0.221. The number of benzene rings is 1. The highest BCUT2D eigenvalue weighted by Gasteiger charge is 2.31. The minimum Gasteiger partial charge on any atom is -0.395 e. The van der Waals surface area contributed by atoms with E-state index >= 15 is 0 Å². The number of amides is 1. The molecule has 3 rings (SSSR count). The molecule has 0 fully saturated rings. The van der Waals surface area contributed by atoms with Crippen LogP contribution in [0.25, 0.3) is 22.2 Å². The van der Waals surface area contributed by atoms with Crippen molar-refractivity contribution in [3.05, 3.63) is 60.1 Å². The maximum Gasteiger partial charge on any atom is 0.430 e. The highest BCUT2D eigenvalue weighted by molar-refractivity contribution is 6.11. The lowest BCUT2D eigenvalue weighted by molar-refractivity contribution is -0.0925. The second kappa shape index (κ2) is 7.74. The fourth-order valence-electron chi connectivity index (χ4n) is 2.63. The second-order valence-corrected chi connectivity index (χ2v) is 6.13. The molecule has 0 aliphatic carbocycles. The Morgan fingerprint density at radius 2 is 2.03 bits per heavy atom. The zero-order valence-electron chi connectivity index (χ0n) is 15.5. The molecule has 1 aromatic carbocycles. The van der Waals surface area contributed by atoms with Gasteiger partial charge < -0.3 is 11.1 Å². The molecule has 0 bridgehead atoms. The van der Waals surface area contributed by atoms with Gasteiger partial charge in [-0.15, -0.1) is 0 Å². The molecule has 150 valence electrons. The Kier molecular flexibility index (Phi) is 5.35. The van der Waals surface area contributed by atoms with Crippen LogP contribution in [0.15, 0.2) is 59.5 Å². The number of alkyl halides is 3. The van der Waals surface area contributed by atoms with Gasteiger partial charge in [0.05, 0.1) is 11.2 Å². The average Bonchev–Trinajstić information content (AvgIpc) is 3.11. The van der Waals surface area contributed by atoms with E-state index in [2.05, 4.69) is 20.4 Å². The van der Waals surface area contributed by atoms with Crippen molar-refractivity contribution >= 4 is 22.6 Å². The number of aryl methyl sites for hydroxylation is 1. The van der Waals surface area contributed by atoms with Crippen LogP contribution in [-0.2, 0) is 7.05 Å². The number of amidine groups is 1. The molecule has 0 aliphatic heterocycles. The van der Waals surface area contributed by atoms with Crippen LogP contribution >= 0.6 is 0 Å². The maximum atomic E-state index is 12.6. The lowest BCUT2D eigenvalue weighted by Crippen LogP contribution is -2.31. The number of aromatic nitrogens is 3. The van der Waals surface area contributed by atoms with Crippen molar-refractivity contribution in [2.45, 2.75) is 6.18 Å². The van der Waals surface area contributed by atoms with E-state index in [1.165, 1.54) is 7.05 Å². The minimum atomic E-state index is -4.71. The Morgan fingerprint density at radius 3 is 2.66 bits per heavy atom. The van der Waals surface area contributed by atoms with E-state index in [4.69, 9.17) is 5.73 Å². The molecule has 29 heavy (non-hydrogen) atoms. The lowest BCUT2D eigenvalue weighted by atomic mass is 10.1. The first-order chi connectivity index (χ1) is 13.7. The summed E-state index contributed by atoms with van der Waals surface area (Å²) in [6, 6.07) is 8.57. The van der Waals surface area contributed by atoms with Crippen LogP contribution in [0.2, 0.25) is 0 Å². The number of nitrogens with two attached hydrogens (primary N) is 1. The van der Waals surface area contributed by atoms with E-state index < -0.39 is 17.8 Å². The summed E-state index contributed by atoms with van der Waals surface area (Å²) >= 11 is 0. The Morgan fingerprint density at radius 1 is 1.28 bits per heavy atom. The van der Waals surface area contributed by atoms with Gasteiger partial charge in [0.2, 0.25) is 0 Å². The van der Waals surface area contributed by atoms with Crippen molar-refractivity contribution in [2.24, 2.45) is 17.8 Å². The summed E-state index contributed by atoms with van der Waals surface area (Å²) < 4.78 is 39.4. The molecule has 3 N–H and O–H groups in total. The number of hydrogen-bond acceptors (Lipinski definition) is 5. The first kappa shape index (κ1) is 20.1. The topological polar surface area (TPSA) is 98.2 Å². The SMILES string of the molecule is CN=C(C=C(N)C(F)(F)F)NC(=O)c1ccc2cc(-c3ccnn3C)cnc2c1. The monoisotopic (exact) mass is 402 g/mol. The molecule has 0 spiro atoms. The predicted octanol–water partition coefficient (Wildman–Crippen LogP) is 2.80. The summed E-state index contributed by atoms with van der Waals surface area (Å²) in [5.41, 5.74) is 6.14. The molecule has 0 radical (unpaired) electrons. The molecule has 0 unspecified atom stereocenters. The Balaban J connectivity index is 1.84. The first-order valence-electron chi connectivity index (χ1n) is 8.39. The van der Waals surface area contributed by atoms with Gasteiger partial charge >= 0.3 is 6.18 Å². The Hall–Kier alpha value is -3.69. The molecule has 7 nitrogen and oxygen atoms in total. The second-order valence-electron chi connectivity index (χ2n) is 6.13. The number of pyridine rings is 1. The van der Waals surface area contributed by atoms with Gasteiger partial charge in [0.15, 0.2) is 0 Å². The number of nitrogens with zero attached hydrogens (tertiary/aromatic N) is 4. The number of rotatable bonds is 3. The standard InChI is InChI=1S/C19H17F3N6O/c1-24-17(9-16(23)19(20,21)22)27-18(29)12-4-3-11-7-13(10-25-14(11)8-12)15-5-6-26-28(15)2/h3-10H,23H2,1-2H3,(H,24,27,29). The van der Waals surface area contributed by atoms with E-state index in [1.54, 1.807) is 35.3 Å². The first-order valence-corrected chi connectivity index (χ1v) is 8.39. The quantitative estimate of drug-likeness (QED) is 0.520. The highest BCUT2D eigenvalue weighted by Crippen LogP contribution is 2.23. The fourth-order valence-corrected chi connectivity index (χ4v) is 2.63. The number of halogens is 3. The molecule has 2 aromatic heterocycles. The molecular formula is C19H17F3N6O. The molecule has 0 atom stereocenters. The van der Waals surface area contributed by atoms with Gasteiger partial charge in [-0.2, -0.15) is 18.3 Å². The summed E-state index contributed by atoms with van der Waals surface area (Å²) in [6.07, 6.45) is -0.803. The fraction of sp³-hybridized carbons (Fsp3) is 0.158. The van der Waals surface area contributed by atoms with Gasteiger partial charge in [-0.3, -0.25) is 19.5 Å². The molecule has 0 saturated heterocycles. The summed E-state index contributed by atoms with van der Waals surface area (Å²) in [5, 5.41) is 7.23. The summed E-state index contributed by atoms with van der Waals surface area (Å²) in [5.74, 6) is -0.930. The lowest BCUT2D eigenvalue weighted by Gasteiger charge is -2.09. The van der Waals surface area contributed by atoms with Crippen molar-refractivity contribution in [1.29, 1.82) is 0 Å². The van der Waals surface area contributed by atoms with Crippen LogP contribution in [0.1, 0.15) is 10.4 Å². The van der Waals surface area contributed by atoms with Crippen LogP contribution < -0.4 is 11.1 Å². The third-order valence-electron chi connectivity index (χ3n) is 4.17. The van der Waals surface area contributed by atoms with E-state index in [0.29, 0.717) is 11.6 Å². The van der Waals surface area contributed by atoms with E-state index in [9.17, 15) is 18.0 Å². The number of nitrogens with one attached hydrogen (secondary N) is 1. The molecule has 1 amide bonds. The normalized spacial score (nSPS) is 13.0. The van der Waals surface area contributed by atoms with Gasteiger partial charge in [-0.1, -0.05) is 6.07 Å². The average molecular weight is 402 g/mol. The zero-order valence-corrected chi connectivity index (χ0v) is 15.5. The smallest absolute Gasteiger partial charge is 0.395 e. The zero-order chi connectivity index (χ0) is 21.2. The van der Waals surface area contributed by atoms with Crippen LogP contribution in [0.5, 0.6) is 0 Å². The van der Waals surface area contributed by atoms with Crippen LogP contribution in [0.3, 0.4) is 0 Å². The van der Waals surface area contributed by atoms with Crippen molar-refractivity contribution in [3.8, 4) is 11.3 Å². The number of carbonyl (C=O) groups excluding carboxylic acids is 1. The molecule has 2 heterocycles. The van der Waals surface area contributed by atoms with E-state index in [0.717, 1.165) is 16.6 Å². The van der Waals surface area contributed by atoms with Gasteiger partial charge in [0, 0.05) is 49.1 Å². The Labute approximate surface area is 163 Å². The Bertz CT molecular complexity index is 1130. The number of allylic oxidation sites excluding steroid dienone is 1. The third kappa shape index (κ3) is 4.42. The van der Waals surface area contributed by atoms with E-state index in [1.807, 2.05) is 19.2 Å². The van der Waals surface area contributed by atoms with Gasteiger partial charge in [-0.05, 0) is 24.3 Å².